The van der Waals surface area contributed by atoms with Gasteiger partial charge in [-0.2, -0.15) is 0 Å². The molecule has 0 fully saturated rings. The summed E-state index contributed by atoms with van der Waals surface area (Å²) in [6.45, 7) is 5.56. The van der Waals surface area contributed by atoms with Crippen LogP contribution in [0.4, 0.5) is 5.69 Å². The van der Waals surface area contributed by atoms with Crippen LogP contribution in [0.25, 0.3) is 0 Å². The van der Waals surface area contributed by atoms with E-state index in [1.807, 2.05) is 6.07 Å². The van der Waals surface area contributed by atoms with Crippen LogP contribution in [0.15, 0.2) is 95.0 Å². The highest BCUT2D eigenvalue weighted by molar-refractivity contribution is 7.92. The summed E-state index contributed by atoms with van der Waals surface area (Å²) in [7, 11) is -3.88. The summed E-state index contributed by atoms with van der Waals surface area (Å²) in [6.07, 6.45) is 3.05. The molecule has 3 rings (SSSR count). The Bertz CT molecular complexity index is 1080. The van der Waals surface area contributed by atoms with Gasteiger partial charge in [-0.15, -0.1) is 6.58 Å². The zero-order valence-corrected chi connectivity index (χ0v) is 16.8. The van der Waals surface area contributed by atoms with Crippen LogP contribution in [-0.4, -0.2) is 20.9 Å². The third-order valence-corrected chi connectivity index (χ3v) is 6.13. The quantitative estimate of drug-likeness (QED) is 0.566. The maximum absolute atomic E-state index is 13.2. The van der Waals surface area contributed by atoms with E-state index in [1.54, 1.807) is 55.5 Å². The molecule has 29 heavy (non-hydrogen) atoms. The van der Waals surface area contributed by atoms with E-state index in [-0.39, 0.29) is 29.0 Å². The maximum Gasteiger partial charge on any atom is 0.264 e. The van der Waals surface area contributed by atoms with E-state index in [4.69, 9.17) is 4.42 Å². The van der Waals surface area contributed by atoms with Gasteiger partial charge in [0.05, 0.1) is 29.4 Å². The van der Waals surface area contributed by atoms with E-state index >= 15 is 0 Å². The summed E-state index contributed by atoms with van der Waals surface area (Å²) in [5.74, 6) is 0.226. The van der Waals surface area contributed by atoms with Crippen LogP contribution in [0.1, 0.15) is 29.1 Å². The van der Waals surface area contributed by atoms with Gasteiger partial charge in [0.15, 0.2) is 0 Å². The molecule has 0 radical (unpaired) electrons. The SMILES string of the molecule is C=CCN(c1ccccc1)S(=O)(=O)c1cccc(C(=O)NC(C)c2ccco2)c1. The third kappa shape index (κ3) is 4.57. The van der Waals surface area contributed by atoms with Crippen LogP contribution in [-0.2, 0) is 10.0 Å². The number of nitrogens with one attached hydrogen (secondary N) is 1. The molecule has 7 heteroatoms. The van der Waals surface area contributed by atoms with Gasteiger partial charge in [-0.3, -0.25) is 9.10 Å². The number of para-hydroxylation sites is 1. The Morgan fingerprint density at radius 2 is 1.90 bits per heavy atom. The smallest absolute Gasteiger partial charge is 0.264 e. The van der Waals surface area contributed by atoms with Crippen molar-refractivity contribution in [3.8, 4) is 0 Å². The monoisotopic (exact) mass is 410 g/mol. The van der Waals surface area contributed by atoms with Crippen LogP contribution in [0.2, 0.25) is 0 Å². The van der Waals surface area contributed by atoms with Gasteiger partial charge in [0.2, 0.25) is 0 Å². The van der Waals surface area contributed by atoms with Gasteiger partial charge in [0, 0.05) is 5.56 Å². The van der Waals surface area contributed by atoms with Gasteiger partial charge in [-0.25, -0.2) is 8.42 Å². The van der Waals surface area contributed by atoms with Crippen molar-refractivity contribution in [3.05, 3.63) is 97.0 Å². The largest absolute Gasteiger partial charge is 0.467 e. The second-order valence-corrected chi connectivity index (χ2v) is 8.26. The van der Waals surface area contributed by atoms with Gasteiger partial charge >= 0.3 is 0 Å². The summed E-state index contributed by atoms with van der Waals surface area (Å²) >= 11 is 0. The molecule has 0 aliphatic heterocycles. The Labute approximate surface area is 170 Å². The fourth-order valence-corrected chi connectivity index (χ4v) is 4.35. The molecule has 1 unspecified atom stereocenters. The molecule has 0 bridgehead atoms. The number of rotatable bonds is 8. The topological polar surface area (TPSA) is 79.6 Å². The molecule has 0 saturated heterocycles. The average molecular weight is 410 g/mol. The summed E-state index contributed by atoms with van der Waals surface area (Å²) < 4.78 is 33.0. The standard InChI is InChI=1S/C22H22N2O4S/c1-3-14-24(19-10-5-4-6-11-19)29(26,27)20-12-7-9-18(16-20)22(25)23-17(2)21-13-8-15-28-21/h3-13,15-17H,1,14H2,2H3,(H,23,25). The highest BCUT2D eigenvalue weighted by Crippen LogP contribution is 2.24. The van der Waals surface area contributed by atoms with Gasteiger partial charge < -0.3 is 9.73 Å². The van der Waals surface area contributed by atoms with Crippen LogP contribution < -0.4 is 9.62 Å². The van der Waals surface area contributed by atoms with Crippen molar-refractivity contribution in [2.24, 2.45) is 0 Å². The van der Waals surface area contributed by atoms with Crippen molar-refractivity contribution < 1.29 is 17.6 Å². The number of benzene rings is 2. The molecule has 2 aromatic carbocycles. The molecule has 0 aliphatic rings. The number of amides is 1. The van der Waals surface area contributed by atoms with Gasteiger partial charge in [0.25, 0.3) is 15.9 Å². The lowest BCUT2D eigenvalue weighted by Gasteiger charge is -2.23. The molecule has 1 heterocycles. The Morgan fingerprint density at radius 3 is 2.55 bits per heavy atom. The van der Waals surface area contributed by atoms with Crippen molar-refractivity contribution in [2.45, 2.75) is 17.9 Å². The first-order valence-corrected chi connectivity index (χ1v) is 10.5. The summed E-state index contributed by atoms with van der Waals surface area (Å²) in [5.41, 5.74) is 0.768. The molecule has 1 atom stereocenters. The lowest BCUT2D eigenvalue weighted by atomic mass is 10.2. The van der Waals surface area contributed by atoms with Crippen molar-refractivity contribution in [1.82, 2.24) is 5.32 Å². The molecule has 150 valence electrons. The molecule has 1 N–H and O–H groups in total. The first-order valence-electron chi connectivity index (χ1n) is 9.06. The number of furan rings is 1. The van der Waals surface area contributed by atoms with Crippen molar-refractivity contribution >= 4 is 21.6 Å². The Kier molecular flexibility index (Phi) is 6.19. The summed E-state index contributed by atoms with van der Waals surface area (Å²) in [6, 6.07) is 17.9. The number of carbonyl (C=O) groups excluding carboxylic acids is 1. The van der Waals surface area contributed by atoms with Crippen LogP contribution >= 0.6 is 0 Å². The number of carbonyl (C=O) groups is 1. The lowest BCUT2D eigenvalue weighted by Crippen LogP contribution is -2.31. The number of hydrogen-bond donors (Lipinski definition) is 1. The van der Waals surface area contributed by atoms with Crippen molar-refractivity contribution in [3.63, 3.8) is 0 Å². The molecule has 0 spiro atoms. The van der Waals surface area contributed by atoms with E-state index in [2.05, 4.69) is 11.9 Å². The summed E-state index contributed by atoms with van der Waals surface area (Å²) in [5, 5.41) is 2.81. The van der Waals surface area contributed by atoms with Crippen LogP contribution in [0.3, 0.4) is 0 Å². The minimum atomic E-state index is -3.88. The third-order valence-electron chi connectivity index (χ3n) is 4.34. The summed E-state index contributed by atoms with van der Waals surface area (Å²) in [4.78, 5) is 12.6. The zero-order chi connectivity index (χ0) is 20.9. The Hall–Kier alpha value is -3.32. The Morgan fingerprint density at radius 1 is 1.14 bits per heavy atom. The van der Waals surface area contributed by atoms with Gasteiger partial charge in [-0.05, 0) is 49.4 Å². The first kappa shape index (κ1) is 20.4. The van der Waals surface area contributed by atoms with Crippen molar-refractivity contribution in [2.75, 3.05) is 10.8 Å². The predicted octanol–water partition coefficient (Wildman–Crippen LogP) is 4.15. The molecule has 3 aromatic rings. The second kappa shape index (κ2) is 8.79. The van der Waals surface area contributed by atoms with Gasteiger partial charge in [0.1, 0.15) is 5.76 Å². The van der Waals surface area contributed by atoms with Crippen LogP contribution in [0.5, 0.6) is 0 Å². The molecule has 6 nitrogen and oxygen atoms in total. The number of anilines is 1. The molecule has 1 amide bonds. The van der Waals surface area contributed by atoms with E-state index in [0.717, 1.165) is 0 Å². The molecule has 1 aromatic heterocycles. The fourth-order valence-electron chi connectivity index (χ4n) is 2.87. The molecular formula is C22H22N2O4S. The maximum atomic E-state index is 13.2. The van der Waals surface area contributed by atoms with E-state index in [9.17, 15) is 13.2 Å². The lowest BCUT2D eigenvalue weighted by molar-refractivity contribution is 0.0935. The highest BCUT2D eigenvalue weighted by atomic mass is 32.2. The second-order valence-electron chi connectivity index (χ2n) is 6.40. The predicted molar refractivity (Wildman–Crippen MR) is 112 cm³/mol. The van der Waals surface area contributed by atoms with E-state index in [0.29, 0.717) is 11.4 Å². The Balaban J connectivity index is 1.88. The normalized spacial score (nSPS) is 12.2. The van der Waals surface area contributed by atoms with E-state index in [1.165, 1.54) is 28.8 Å². The average Bonchev–Trinajstić information content (AvgIpc) is 3.27. The highest BCUT2D eigenvalue weighted by Gasteiger charge is 2.25. The molecular weight excluding hydrogens is 388 g/mol. The first-order chi connectivity index (χ1) is 13.9. The van der Waals surface area contributed by atoms with E-state index < -0.39 is 10.0 Å². The van der Waals surface area contributed by atoms with Gasteiger partial charge in [-0.1, -0.05) is 30.3 Å². The zero-order valence-electron chi connectivity index (χ0n) is 16.0. The molecule has 0 saturated carbocycles. The van der Waals surface area contributed by atoms with Crippen molar-refractivity contribution in [1.29, 1.82) is 0 Å². The minimum absolute atomic E-state index is 0.0292. The number of nitrogens with zero attached hydrogens (tertiary/aromatic N) is 1. The molecule has 0 aliphatic carbocycles. The fraction of sp³-hybridized carbons (Fsp3) is 0.136. The number of hydrogen-bond acceptors (Lipinski definition) is 4. The minimum Gasteiger partial charge on any atom is -0.467 e. The number of sulfonamides is 1. The van der Waals surface area contributed by atoms with Crippen LogP contribution in [0, 0.1) is 0 Å².